The van der Waals surface area contributed by atoms with Gasteiger partial charge in [0, 0.05) is 20.1 Å². The molecule has 7 nitrogen and oxygen atoms in total. The highest BCUT2D eigenvalue weighted by Gasteiger charge is 2.27. The van der Waals surface area contributed by atoms with Gasteiger partial charge in [-0.2, -0.15) is 4.98 Å². The lowest BCUT2D eigenvalue weighted by Crippen LogP contribution is -2.28. The second-order valence-corrected chi connectivity index (χ2v) is 4.24. The van der Waals surface area contributed by atoms with Gasteiger partial charge in [-0.1, -0.05) is 0 Å². The fourth-order valence-corrected chi connectivity index (χ4v) is 2.24. The third-order valence-corrected chi connectivity index (χ3v) is 3.05. The van der Waals surface area contributed by atoms with Gasteiger partial charge in [-0.3, -0.25) is 10.1 Å². The Labute approximate surface area is 101 Å². The van der Waals surface area contributed by atoms with Crippen molar-refractivity contribution in [1.29, 1.82) is 0 Å². The zero-order valence-electron chi connectivity index (χ0n) is 8.92. The molecular weight excluding hydrogens is 246 g/mol. The number of anilines is 1. The summed E-state index contributed by atoms with van der Waals surface area (Å²) in [4.78, 5) is 20.5. The predicted molar refractivity (Wildman–Crippen MR) is 62.5 cm³/mol. The fourth-order valence-electron chi connectivity index (χ4n) is 2.07. The van der Waals surface area contributed by atoms with Crippen LogP contribution in [0.4, 0.5) is 11.5 Å². The molecule has 0 atom stereocenters. The maximum atomic E-state index is 10.9. The molecule has 0 aromatic carbocycles. The van der Waals surface area contributed by atoms with Gasteiger partial charge in [0.25, 0.3) is 0 Å². The highest BCUT2D eigenvalue weighted by Crippen LogP contribution is 2.34. The third-order valence-electron chi connectivity index (χ3n) is 2.88. The zero-order valence-corrected chi connectivity index (χ0v) is 9.68. The van der Waals surface area contributed by atoms with Crippen LogP contribution in [0.15, 0.2) is 6.20 Å². The lowest BCUT2D eigenvalue weighted by Gasteiger charge is -2.24. The van der Waals surface area contributed by atoms with Crippen molar-refractivity contribution in [2.45, 2.75) is 6.54 Å². The van der Waals surface area contributed by atoms with Gasteiger partial charge >= 0.3 is 5.69 Å². The SMILES string of the molecule is CN1CCn2cc([N+](=O)[O-])c3nc(Cl)nc1c32. The zero-order chi connectivity index (χ0) is 12.2. The van der Waals surface area contributed by atoms with Crippen LogP contribution in [-0.4, -0.2) is 33.1 Å². The molecule has 0 aliphatic carbocycles. The largest absolute Gasteiger partial charge is 0.356 e. The lowest BCUT2D eigenvalue weighted by atomic mass is 10.3. The molecule has 0 saturated heterocycles. The number of aromatic nitrogens is 3. The summed E-state index contributed by atoms with van der Waals surface area (Å²) in [5, 5.41) is 11.0. The summed E-state index contributed by atoms with van der Waals surface area (Å²) in [5.74, 6) is 0.638. The molecule has 0 saturated carbocycles. The van der Waals surface area contributed by atoms with Crippen molar-refractivity contribution >= 4 is 34.1 Å². The van der Waals surface area contributed by atoms with Crippen molar-refractivity contribution in [3.8, 4) is 0 Å². The lowest BCUT2D eigenvalue weighted by molar-refractivity contribution is -0.383. The first-order chi connectivity index (χ1) is 8.08. The fraction of sp³-hybridized carbons (Fsp3) is 0.333. The minimum atomic E-state index is -0.447. The van der Waals surface area contributed by atoms with Crippen molar-refractivity contribution in [3.63, 3.8) is 0 Å². The van der Waals surface area contributed by atoms with Crippen LogP contribution >= 0.6 is 11.6 Å². The average molecular weight is 254 g/mol. The Kier molecular flexibility index (Phi) is 1.99. The number of halogens is 1. The Balaban J connectivity index is 2.45. The second-order valence-electron chi connectivity index (χ2n) is 3.90. The van der Waals surface area contributed by atoms with Crippen molar-refractivity contribution in [2.75, 3.05) is 18.5 Å². The van der Waals surface area contributed by atoms with Crippen LogP contribution in [-0.2, 0) is 6.54 Å². The van der Waals surface area contributed by atoms with Gasteiger partial charge in [-0.15, -0.1) is 0 Å². The van der Waals surface area contributed by atoms with Crippen molar-refractivity contribution < 1.29 is 4.92 Å². The first-order valence-corrected chi connectivity index (χ1v) is 5.37. The van der Waals surface area contributed by atoms with Crippen molar-refractivity contribution in [2.24, 2.45) is 0 Å². The third kappa shape index (κ3) is 1.35. The van der Waals surface area contributed by atoms with Crippen LogP contribution in [0.2, 0.25) is 5.28 Å². The molecule has 2 aromatic heterocycles. The van der Waals surface area contributed by atoms with E-state index in [0.717, 1.165) is 6.54 Å². The van der Waals surface area contributed by atoms with E-state index in [0.29, 0.717) is 23.4 Å². The molecule has 0 amide bonds. The van der Waals surface area contributed by atoms with Crippen LogP contribution in [0.3, 0.4) is 0 Å². The molecule has 0 fully saturated rings. The second kappa shape index (κ2) is 3.30. The monoisotopic (exact) mass is 253 g/mol. The van der Waals surface area contributed by atoms with E-state index >= 15 is 0 Å². The van der Waals surface area contributed by atoms with Crippen LogP contribution in [0.5, 0.6) is 0 Å². The molecule has 17 heavy (non-hydrogen) atoms. The molecule has 88 valence electrons. The van der Waals surface area contributed by atoms with Crippen LogP contribution in [0.1, 0.15) is 0 Å². The van der Waals surface area contributed by atoms with E-state index in [-0.39, 0.29) is 11.0 Å². The van der Waals surface area contributed by atoms with Gasteiger partial charge in [-0.05, 0) is 11.6 Å². The molecule has 0 spiro atoms. The molecule has 2 aromatic rings. The number of nitro groups is 1. The first kappa shape index (κ1) is 10.3. The van der Waals surface area contributed by atoms with Crippen molar-refractivity contribution in [3.05, 3.63) is 21.6 Å². The predicted octanol–water partition coefficient (Wildman–Crippen LogP) is 1.44. The molecule has 3 heterocycles. The number of likely N-dealkylation sites (N-methyl/N-ethyl adjacent to an activating group) is 1. The molecule has 1 aliphatic rings. The van der Waals surface area contributed by atoms with E-state index in [4.69, 9.17) is 11.6 Å². The molecule has 3 rings (SSSR count). The summed E-state index contributed by atoms with van der Waals surface area (Å²) < 4.78 is 1.80. The number of rotatable bonds is 1. The standard InChI is InChI=1S/C9H8ClN5O2/c1-13-2-3-14-4-5(15(16)17)6-7(14)8(13)12-9(10)11-6/h4H,2-3H2,1H3. The van der Waals surface area contributed by atoms with Gasteiger partial charge in [-0.25, -0.2) is 4.98 Å². The maximum Gasteiger partial charge on any atom is 0.313 e. The topological polar surface area (TPSA) is 77.1 Å². The molecule has 1 aliphatic heterocycles. The van der Waals surface area contributed by atoms with Crippen molar-refractivity contribution in [1.82, 2.24) is 14.5 Å². The molecule has 8 heteroatoms. The average Bonchev–Trinajstić information content (AvgIpc) is 2.63. The molecular formula is C9H8ClN5O2. The molecule has 0 N–H and O–H groups in total. The Morgan fingerprint density at radius 3 is 2.94 bits per heavy atom. The van der Waals surface area contributed by atoms with Crippen LogP contribution in [0.25, 0.3) is 11.0 Å². The van der Waals surface area contributed by atoms with E-state index < -0.39 is 4.92 Å². The summed E-state index contributed by atoms with van der Waals surface area (Å²) in [6.45, 7) is 1.42. The minimum Gasteiger partial charge on any atom is -0.356 e. The summed E-state index contributed by atoms with van der Waals surface area (Å²) in [7, 11) is 1.88. The summed E-state index contributed by atoms with van der Waals surface area (Å²) in [6.07, 6.45) is 1.49. The van der Waals surface area contributed by atoms with Gasteiger partial charge in [0.1, 0.15) is 5.52 Å². The van der Waals surface area contributed by atoms with Gasteiger partial charge < -0.3 is 9.47 Å². The Bertz CT molecular complexity index is 638. The van der Waals surface area contributed by atoms with E-state index in [1.165, 1.54) is 6.20 Å². The quantitative estimate of drug-likeness (QED) is 0.437. The molecule has 0 radical (unpaired) electrons. The Morgan fingerprint density at radius 1 is 1.47 bits per heavy atom. The summed E-state index contributed by atoms with van der Waals surface area (Å²) in [6, 6.07) is 0. The van der Waals surface area contributed by atoms with Gasteiger partial charge in [0.2, 0.25) is 5.28 Å². The number of hydrogen-bond donors (Lipinski definition) is 0. The Morgan fingerprint density at radius 2 is 2.24 bits per heavy atom. The van der Waals surface area contributed by atoms with Gasteiger partial charge in [0.15, 0.2) is 11.3 Å². The van der Waals surface area contributed by atoms with E-state index in [1.54, 1.807) is 4.57 Å². The number of hydrogen-bond acceptors (Lipinski definition) is 5. The van der Waals surface area contributed by atoms with Gasteiger partial charge in [0.05, 0.1) is 11.1 Å². The highest BCUT2D eigenvalue weighted by molar-refractivity contribution is 6.29. The first-order valence-electron chi connectivity index (χ1n) is 5.00. The minimum absolute atomic E-state index is 0.0270. The molecule has 0 unspecified atom stereocenters. The number of nitrogens with zero attached hydrogens (tertiary/aromatic N) is 5. The van der Waals surface area contributed by atoms with E-state index in [1.807, 2.05) is 11.9 Å². The van der Waals surface area contributed by atoms with E-state index in [9.17, 15) is 10.1 Å². The smallest absolute Gasteiger partial charge is 0.313 e. The molecule has 0 bridgehead atoms. The Hall–Kier alpha value is -1.89. The van der Waals surface area contributed by atoms with Crippen LogP contribution in [0, 0.1) is 10.1 Å². The summed E-state index contributed by atoms with van der Waals surface area (Å²) >= 11 is 5.80. The van der Waals surface area contributed by atoms with E-state index in [2.05, 4.69) is 9.97 Å². The van der Waals surface area contributed by atoms with Crippen LogP contribution < -0.4 is 4.90 Å². The normalized spacial score (nSPS) is 14.4. The maximum absolute atomic E-state index is 10.9. The summed E-state index contributed by atoms with van der Waals surface area (Å²) in [5.41, 5.74) is 0.951. The highest BCUT2D eigenvalue weighted by atomic mass is 35.5.